The normalized spacial score (nSPS) is 11.2. The lowest BCUT2D eigenvalue weighted by atomic mass is 10.2. The van der Waals surface area contributed by atoms with Gasteiger partial charge in [0.25, 0.3) is 10.0 Å². The maximum atomic E-state index is 12.9. The third kappa shape index (κ3) is 3.93. The Balaban J connectivity index is 1.71. The summed E-state index contributed by atoms with van der Waals surface area (Å²) in [6.07, 6.45) is 0. The van der Waals surface area contributed by atoms with Crippen molar-refractivity contribution in [1.29, 1.82) is 0 Å². The number of benzene rings is 2. The minimum absolute atomic E-state index is 0.286. The van der Waals surface area contributed by atoms with Crippen molar-refractivity contribution in [2.45, 2.75) is 11.1 Å². The van der Waals surface area contributed by atoms with Crippen LogP contribution < -0.4 is 10.0 Å². The van der Waals surface area contributed by atoms with Gasteiger partial charge in [0.2, 0.25) is 0 Å². The van der Waals surface area contributed by atoms with E-state index in [9.17, 15) is 12.8 Å². The molecule has 0 saturated heterocycles. The zero-order valence-electron chi connectivity index (χ0n) is 12.8. The van der Waals surface area contributed by atoms with Crippen LogP contribution in [0, 0.1) is 12.7 Å². The average Bonchev–Trinajstić information content (AvgIpc) is 2.99. The number of rotatable bonds is 5. The maximum absolute atomic E-state index is 12.9. The summed E-state index contributed by atoms with van der Waals surface area (Å²) in [5.74, 6) is -0.297. The van der Waals surface area contributed by atoms with Crippen LogP contribution in [0.3, 0.4) is 0 Å². The Labute approximate surface area is 144 Å². The molecule has 3 aromatic rings. The number of sulfonamides is 1. The highest BCUT2D eigenvalue weighted by atomic mass is 32.2. The van der Waals surface area contributed by atoms with Gasteiger partial charge in [-0.15, -0.1) is 11.3 Å². The first kappa shape index (κ1) is 16.5. The number of hydrogen-bond donors (Lipinski definition) is 2. The molecule has 0 fully saturated rings. The summed E-state index contributed by atoms with van der Waals surface area (Å²) >= 11 is 1.23. The third-order valence-electron chi connectivity index (χ3n) is 3.25. The van der Waals surface area contributed by atoms with E-state index >= 15 is 0 Å². The minimum Gasteiger partial charge on any atom is -0.356 e. The van der Waals surface area contributed by atoms with E-state index in [0.717, 1.165) is 16.3 Å². The lowest BCUT2D eigenvalue weighted by Crippen LogP contribution is -2.11. The molecule has 0 bridgehead atoms. The predicted octanol–water partition coefficient (Wildman–Crippen LogP) is 4.74. The van der Waals surface area contributed by atoms with E-state index in [1.54, 1.807) is 48.5 Å². The number of thiophene rings is 1. The molecule has 4 nitrogen and oxygen atoms in total. The second-order valence-corrected chi connectivity index (χ2v) is 8.38. The Hall–Kier alpha value is -2.38. The van der Waals surface area contributed by atoms with Gasteiger partial charge in [0.15, 0.2) is 0 Å². The second kappa shape index (κ2) is 6.62. The topological polar surface area (TPSA) is 58.2 Å². The van der Waals surface area contributed by atoms with Gasteiger partial charge >= 0.3 is 0 Å². The van der Waals surface area contributed by atoms with Gasteiger partial charge in [-0.25, -0.2) is 12.8 Å². The molecule has 0 unspecified atom stereocenters. The van der Waals surface area contributed by atoms with Gasteiger partial charge in [-0.3, -0.25) is 4.72 Å². The predicted molar refractivity (Wildman–Crippen MR) is 96.0 cm³/mol. The molecule has 124 valence electrons. The van der Waals surface area contributed by atoms with Gasteiger partial charge in [0.1, 0.15) is 10.0 Å². The van der Waals surface area contributed by atoms with Crippen molar-refractivity contribution in [3.63, 3.8) is 0 Å². The number of halogens is 1. The van der Waals surface area contributed by atoms with Crippen molar-refractivity contribution < 1.29 is 12.8 Å². The van der Waals surface area contributed by atoms with Crippen LogP contribution in [0.1, 0.15) is 4.88 Å². The molecule has 1 aromatic heterocycles. The van der Waals surface area contributed by atoms with Crippen LogP contribution in [-0.4, -0.2) is 8.42 Å². The summed E-state index contributed by atoms with van der Waals surface area (Å²) in [6, 6.07) is 16.2. The highest BCUT2D eigenvalue weighted by Crippen LogP contribution is 2.25. The van der Waals surface area contributed by atoms with Crippen LogP contribution in [0.5, 0.6) is 0 Å². The highest BCUT2D eigenvalue weighted by molar-refractivity contribution is 7.94. The first-order valence-electron chi connectivity index (χ1n) is 7.14. The monoisotopic (exact) mass is 362 g/mol. The molecule has 0 spiro atoms. The van der Waals surface area contributed by atoms with E-state index < -0.39 is 10.0 Å². The van der Waals surface area contributed by atoms with E-state index in [2.05, 4.69) is 10.0 Å². The second-order valence-electron chi connectivity index (χ2n) is 5.18. The van der Waals surface area contributed by atoms with Crippen LogP contribution in [0.15, 0.2) is 64.9 Å². The zero-order chi connectivity index (χ0) is 17.2. The van der Waals surface area contributed by atoms with Gasteiger partial charge in [0, 0.05) is 21.9 Å². The molecule has 0 atom stereocenters. The maximum Gasteiger partial charge on any atom is 0.271 e. The standard InChI is InChI=1S/C17H15FN2O2S2/c1-12-2-11-17(23-12)24(21,22)20-16-9-7-15(8-10-16)19-14-5-3-13(18)4-6-14/h2-11,19-20H,1H3. The van der Waals surface area contributed by atoms with E-state index in [1.807, 2.05) is 6.92 Å². The van der Waals surface area contributed by atoms with Gasteiger partial charge in [0.05, 0.1) is 0 Å². The molecule has 24 heavy (non-hydrogen) atoms. The smallest absolute Gasteiger partial charge is 0.271 e. The summed E-state index contributed by atoms with van der Waals surface area (Å²) in [6.45, 7) is 1.86. The zero-order valence-corrected chi connectivity index (χ0v) is 14.4. The van der Waals surface area contributed by atoms with Gasteiger partial charge in [-0.1, -0.05) is 0 Å². The average molecular weight is 362 g/mol. The van der Waals surface area contributed by atoms with E-state index in [4.69, 9.17) is 0 Å². The molecule has 0 amide bonds. The molecule has 0 aliphatic heterocycles. The quantitative estimate of drug-likeness (QED) is 0.689. The summed E-state index contributed by atoms with van der Waals surface area (Å²) in [7, 11) is -3.56. The van der Waals surface area contributed by atoms with Crippen LogP contribution in [0.2, 0.25) is 0 Å². The Morgan fingerprint density at radius 1 is 0.833 bits per heavy atom. The number of nitrogens with one attached hydrogen (secondary N) is 2. The van der Waals surface area contributed by atoms with Crippen molar-refractivity contribution >= 4 is 38.4 Å². The lowest BCUT2D eigenvalue weighted by Gasteiger charge is -2.09. The highest BCUT2D eigenvalue weighted by Gasteiger charge is 2.16. The van der Waals surface area contributed by atoms with Gasteiger partial charge in [-0.2, -0.15) is 0 Å². The first-order chi connectivity index (χ1) is 11.4. The molecular weight excluding hydrogens is 347 g/mol. The molecule has 7 heteroatoms. The largest absolute Gasteiger partial charge is 0.356 e. The molecule has 0 aliphatic rings. The van der Waals surface area contributed by atoms with Crippen molar-refractivity contribution in [3.05, 3.63) is 71.4 Å². The molecule has 1 heterocycles. The lowest BCUT2D eigenvalue weighted by molar-refractivity contribution is 0.603. The van der Waals surface area contributed by atoms with Crippen molar-refractivity contribution in [3.8, 4) is 0 Å². The molecular formula is C17H15FN2O2S2. The van der Waals surface area contributed by atoms with Crippen molar-refractivity contribution in [1.82, 2.24) is 0 Å². The summed E-state index contributed by atoms with van der Waals surface area (Å²) < 4.78 is 40.3. The Kier molecular flexibility index (Phi) is 4.55. The fraction of sp³-hybridized carbons (Fsp3) is 0.0588. The van der Waals surface area contributed by atoms with Crippen molar-refractivity contribution in [2.75, 3.05) is 10.0 Å². The fourth-order valence-electron chi connectivity index (χ4n) is 2.08. The molecule has 2 aromatic carbocycles. The van der Waals surface area contributed by atoms with Crippen LogP contribution in [0.25, 0.3) is 0 Å². The van der Waals surface area contributed by atoms with Gasteiger partial charge < -0.3 is 5.32 Å². The molecule has 2 N–H and O–H groups in total. The molecule has 0 radical (unpaired) electrons. The van der Waals surface area contributed by atoms with Crippen molar-refractivity contribution in [2.24, 2.45) is 0 Å². The fourth-order valence-corrected chi connectivity index (χ4v) is 4.43. The Morgan fingerprint density at radius 2 is 1.38 bits per heavy atom. The summed E-state index contributed by atoms with van der Waals surface area (Å²) in [5, 5.41) is 3.11. The summed E-state index contributed by atoms with van der Waals surface area (Å²) in [4.78, 5) is 0.939. The Bertz CT molecular complexity index is 933. The number of hydrogen-bond acceptors (Lipinski definition) is 4. The SMILES string of the molecule is Cc1ccc(S(=O)(=O)Nc2ccc(Nc3ccc(F)cc3)cc2)s1. The minimum atomic E-state index is -3.56. The van der Waals surface area contributed by atoms with Gasteiger partial charge in [-0.05, 0) is 67.6 Å². The molecule has 3 rings (SSSR count). The van der Waals surface area contributed by atoms with E-state index in [-0.39, 0.29) is 10.0 Å². The van der Waals surface area contributed by atoms with Crippen LogP contribution >= 0.6 is 11.3 Å². The number of anilines is 3. The van der Waals surface area contributed by atoms with Crippen LogP contribution in [-0.2, 0) is 10.0 Å². The van der Waals surface area contributed by atoms with E-state index in [1.165, 1.54) is 23.5 Å². The molecule has 0 aliphatic carbocycles. The van der Waals surface area contributed by atoms with Crippen LogP contribution in [0.4, 0.5) is 21.5 Å². The summed E-state index contributed by atoms with van der Waals surface area (Å²) in [5.41, 5.74) is 2.00. The molecule has 0 saturated carbocycles. The third-order valence-corrected chi connectivity index (χ3v) is 6.12. The van der Waals surface area contributed by atoms with E-state index in [0.29, 0.717) is 5.69 Å². The Morgan fingerprint density at radius 3 is 1.92 bits per heavy atom. The number of aryl methyl sites for hydroxylation is 1. The first-order valence-corrected chi connectivity index (χ1v) is 9.44.